The van der Waals surface area contributed by atoms with Gasteiger partial charge in [0, 0.05) is 33.9 Å². The zero-order chi connectivity index (χ0) is 13.4. The molecule has 106 valence electrons. The normalized spacial score (nSPS) is 32.7. The number of hydrogen-bond acceptors (Lipinski definition) is 3. The van der Waals surface area contributed by atoms with E-state index >= 15 is 0 Å². The molecule has 3 atom stereocenters. The van der Waals surface area contributed by atoms with Crippen LogP contribution in [0.25, 0.3) is 0 Å². The SMILES string of the molecule is CCNC1CC2CCC(C1)N2C(C)c1ccc(C)s1. The Bertz CT molecular complexity index is 414. The average Bonchev–Trinajstić information content (AvgIpc) is 2.92. The first-order valence-corrected chi connectivity index (χ1v) is 8.57. The van der Waals surface area contributed by atoms with Crippen LogP contribution in [0.2, 0.25) is 0 Å². The molecule has 2 saturated heterocycles. The first kappa shape index (κ1) is 13.6. The van der Waals surface area contributed by atoms with Gasteiger partial charge in [0.15, 0.2) is 0 Å². The molecule has 3 heterocycles. The highest BCUT2D eigenvalue weighted by Crippen LogP contribution is 2.42. The van der Waals surface area contributed by atoms with Gasteiger partial charge in [-0.15, -0.1) is 11.3 Å². The smallest absolute Gasteiger partial charge is 0.0419 e. The van der Waals surface area contributed by atoms with Crippen LogP contribution in [-0.4, -0.2) is 29.6 Å². The van der Waals surface area contributed by atoms with E-state index in [-0.39, 0.29) is 0 Å². The summed E-state index contributed by atoms with van der Waals surface area (Å²) in [6.45, 7) is 7.96. The van der Waals surface area contributed by atoms with Crippen molar-refractivity contribution in [3.63, 3.8) is 0 Å². The van der Waals surface area contributed by atoms with E-state index in [2.05, 4.69) is 43.1 Å². The Morgan fingerprint density at radius 2 is 2.00 bits per heavy atom. The number of nitrogens with one attached hydrogen (secondary N) is 1. The first-order chi connectivity index (χ1) is 9.19. The molecular weight excluding hydrogens is 252 g/mol. The fraction of sp³-hybridized carbons (Fsp3) is 0.750. The summed E-state index contributed by atoms with van der Waals surface area (Å²) in [4.78, 5) is 5.81. The summed E-state index contributed by atoms with van der Waals surface area (Å²) < 4.78 is 0. The third-order valence-electron chi connectivity index (χ3n) is 4.90. The lowest BCUT2D eigenvalue weighted by atomic mass is 9.95. The number of piperidine rings is 1. The van der Waals surface area contributed by atoms with Crippen molar-refractivity contribution in [3.05, 3.63) is 21.9 Å². The van der Waals surface area contributed by atoms with Crippen molar-refractivity contribution in [1.82, 2.24) is 10.2 Å². The van der Waals surface area contributed by atoms with Gasteiger partial charge in [-0.25, -0.2) is 0 Å². The quantitative estimate of drug-likeness (QED) is 0.903. The molecular formula is C16H26N2S. The van der Waals surface area contributed by atoms with Gasteiger partial charge in [-0.2, -0.15) is 0 Å². The summed E-state index contributed by atoms with van der Waals surface area (Å²) in [5.74, 6) is 0. The zero-order valence-electron chi connectivity index (χ0n) is 12.4. The van der Waals surface area contributed by atoms with Crippen molar-refractivity contribution in [1.29, 1.82) is 0 Å². The van der Waals surface area contributed by atoms with Gasteiger partial charge in [0.05, 0.1) is 0 Å². The minimum Gasteiger partial charge on any atom is -0.314 e. The summed E-state index contributed by atoms with van der Waals surface area (Å²) in [7, 11) is 0. The van der Waals surface area contributed by atoms with Gasteiger partial charge in [-0.05, 0) is 58.2 Å². The molecule has 2 aliphatic heterocycles. The van der Waals surface area contributed by atoms with E-state index < -0.39 is 0 Å². The minimum atomic E-state index is 0.610. The summed E-state index contributed by atoms with van der Waals surface area (Å²) in [6.07, 6.45) is 5.50. The standard InChI is InChI=1S/C16H26N2S/c1-4-17-13-9-14-6-7-15(10-13)18(14)12(3)16-8-5-11(2)19-16/h5,8,12-15,17H,4,6-7,9-10H2,1-3H3. The molecule has 0 aliphatic carbocycles. The van der Waals surface area contributed by atoms with Crippen LogP contribution in [0.15, 0.2) is 12.1 Å². The maximum atomic E-state index is 3.66. The highest BCUT2D eigenvalue weighted by atomic mass is 32.1. The molecule has 0 amide bonds. The lowest BCUT2D eigenvalue weighted by Gasteiger charge is -2.42. The molecule has 1 aromatic heterocycles. The Morgan fingerprint density at radius 3 is 2.53 bits per heavy atom. The molecule has 0 saturated carbocycles. The maximum absolute atomic E-state index is 3.66. The van der Waals surface area contributed by atoms with Crippen molar-refractivity contribution in [2.75, 3.05) is 6.54 Å². The Labute approximate surface area is 121 Å². The van der Waals surface area contributed by atoms with Crippen LogP contribution in [0.1, 0.15) is 55.3 Å². The summed E-state index contributed by atoms with van der Waals surface area (Å²) in [6, 6.07) is 7.58. The molecule has 3 rings (SSSR count). The maximum Gasteiger partial charge on any atom is 0.0419 e. The Morgan fingerprint density at radius 1 is 1.32 bits per heavy atom. The van der Waals surface area contributed by atoms with Gasteiger partial charge in [-0.1, -0.05) is 6.92 Å². The lowest BCUT2D eigenvalue weighted by molar-refractivity contribution is 0.0790. The second-order valence-electron chi connectivity index (χ2n) is 6.18. The Kier molecular flexibility index (Phi) is 3.97. The van der Waals surface area contributed by atoms with Crippen LogP contribution < -0.4 is 5.32 Å². The van der Waals surface area contributed by atoms with Gasteiger partial charge in [-0.3, -0.25) is 4.90 Å². The van der Waals surface area contributed by atoms with Crippen molar-refractivity contribution < 1.29 is 0 Å². The van der Waals surface area contributed by atoms with Gasteiger partial charge in [0.25, 0.3) is 0 Å². The van der Waals surface area contributed by atoms with E-state index in [0.717, 1.165) is 24.7 Å². The Balaban J connectivity index is 1.73. The molecule has 1 N–H and O–H groups in total. The average molecular weight is 278 g/mol. The van der Waals surface area contributed by atoms with Gasteiger partial charge < -0.3 is 5.32 Å². The topological polar surface area (TPSA) is 15.3 Å². The number of rotatable bonds is 4. The number of thiophene rings is 1. The summed E-state index contributed by atoms with van der Waals surface area (Å²) in [5, 5.41) is 3.66. The molecule has 19 heavy (non-hydrogen) atoms. The van der Waals surface area contributed by atoms with Crippen LogP contribution in [-0.2, 0) is 0 Å². The van der Waals surface area contributed by atoms with Crippen molar-refractivity contribution in [2.45, 2.75) is 70.6 Å². The molecule has 0 spiro atoms. The van der Waals surface area contributed by atoms with Crippen LogP contribution in [0.3, 0.4) is 0 Å². The highest BCUT2D eigenvalue weighted by molar-refractivity contribution is 7.12. The fourth-order valence-electron chi connectivity index (χ4n) is 4.13. The van der Waals surface area contributed by atoms with Crippen LogP contribution in [0, 0.1) is 6.92 Å². The zero-order valence-corrected chi connectivity index (χ0v) is 13.2. The molecule has 2 bridgehead atoms. The number of hydrogen-bond donors (Lipinski definition) is 1. The summed E-state index contributed by atoms with van der Waals surface area (Å²) in [5.41, 5.74) is 0. The lowest BCUT2D eigenvalue weighted by Crippen LogP contribution is -2.49. The van der Waals surface area contributed by atoms with E-state index in [0.29, 0.717) is 6.04 Å². The van der Waals surface area contributed by atoms with Crippen molar-refractivity contribution >= 4 is 11.3 Å². The molecule has 2 nitrogen and oxygen atoms in total. The monoisotopic (exact) mass is 278 g/mol. The van der Waals surface area contributed by atoms with E-state index in [1.54, 1.807) is 4.88 Å². The predicted octanol–water partition coefficient (Wildman–Crippen LogP) is 3.72. The van der Waals surface area contributed by atoms with E-state index in [1.165, 1.54) is 30.6 Å². The van der Waals surface area contributed by atoms with Gasteiger partial charge in [0.2, 0.25) is 0 Å². The minimum absolute atomic E-state index is 0.610. The predicted molar refractivity (Wildman–Crippen MR) is 82.8 cm³/mol. The van der Waals surface area contributed by atoms with E-state index in [9.17, 15) is 0 Å². The summed E-state index contributed by atoms with van der Waals surface area (Å²) >= 11 is 1.98. The molecule has 3 unspecified atom stereocenters. The molecule has 2 aliphatic rings. The molecule has 3 heteroatoms. The first-order valence-electron chi connectivity index (χ1n) is 7.76. The Hall–Kier alpha value is -0.380. The van der Waals surface area contributed by atoms with Crippen LogP contribution >= 0.6 is 11.3 Å². The van der Waals surface area contributed by atoms with Crippen molar-refractivity contribution in [3.8, 4) is 0 Å². The second-order valence-corrected chi connectivity index (χ2v) is 7.50. The number of fused-ring (bicyclic) bond motifs is 2. The van der Waals surface area contributed by atoms with Gasteiger partial charge >= 0.3 is 0 Å². The van der Waals surface area contributed by atoms with Gasteiger partial charge in [0.1, 0.15) is 0 Å². The second kappa shape index (κ2) is 5.55. The van der Waals surface area contributed by atoms with Crippen molar-refractivity contribution in [2.24, 2.45) is 0 Å². The molecule has 2 fully saturated rings. The van der Waals surface area contributed by atoms with Crippen LogP contribution in [0.4, 0.5) is 0 Å². The number of nitrogens with zero attached hydrogens (tertiary/aromatic N) is 1. The number of aryl methyl sites for hydroxylation is 1. The largest absolute Gasteiger partial charge is 0.314 e. The molecule has 0 radical (unpaired) electrons. The van der Waals surface area contributed by atoms with E-state index in [4.69, 9.17) is 0 Å². The third-order valence-corrected chi connectivity index (χ3v) is 6.07. The fourth-order valence-corrected chi connectivity index (χ4v) is 5.06. The molecule has 0 aromatic carbocycles. The highest BCUT2D eigenvalue weighted by Gasteiger charge is 2.42. The van der Waals surface area contributed by atoms with Crippen LogP contribution in [0.5, 0.6) is 0 Å². The van der Waals surface area contributed by atoms with E-state index in [1.807, 2.05) is 11.3 Å². The third kappa shape index (κ3) is 2.61. The molecule has 1 aromatic rings.